The number of nitrogens with zero attached hydrogens (tertiary/aromatic N) is 2. The molecule has 0 aliphatic carbocycles. The van der Waals surface area contributed by atoms with Gasteiger partial charge < -0.3 is 0 Å². The Kier molecular flexibility index (Phi) is 3.85. The summed E-state index contributed by atoms with van der Waals surface area (Å²) in [6.07, 6.45) is 5.27. The summed E-state index contributed by atoms with van der Waals surface area (Å²) in [4.78, 5) is 17.3. The first-order chi connectivity index (χ1) is 10.1. The van der Waals surface area contributed by atoms with E-state index in [1.165, 1.54) is 11.3 Å². The zero-order valence-corrected chi connectivity index (χ0v) is 13.3. The van der Waals surface area contributed by atoms with Crippen LogP contribution in [0.5, 0.6) is 0 Å². The van der Waals surface area contributed by atoms with Gasteiger partial charge in [0.05, 0.1) is 5.69 Å². The van der Waals surface area contributed by atoms with Gasteiger partial charge >= 0.3 is 0 Å². The average molecular weight is 337 g/mol. The van der Waals surface area contributed by atoms with Gasteiger partial charge in [0, 0.05) is 32.7 Å². The number of thiazole rings is 1. The fourth-order valence-electron chi connectivity index (χ4n) is 1.98. The van der Waals surface area contributed by atoms with Crippen LogP contribution in [-0.4, -0.2) is 9.38 Å². The molecule has 3 nitrogen and oxygen atoms in total. The number of hydrogen-bond donors (Lipinski definition) is 0. The summed E-state index contributed by atoms with van der Waals surface area (Å²) in [7, 11) is 0. The third-order valence-electron chi connectivity index (χ3n) is 3.14. The monoisotopic (exact) mass is 336 g/mol. The van der Waals surface area contributed by atoms with Crippen molar-refractivity contribution in [1.29, 1.82) is 0 Å². The maximum atomic E-state index is 12.2. The second kappa shape index (κ2) is 5.64. The van der Waals surface area contributed by atoms with Gasteiger partial charge in [-0.3, -0.25) is 9.20 Å². The number of fused-ring (bicyclic) bond motifs is 1. The van der Waals surface area contributed by atoms with Crippen LogP contribution in [0.3, 0.4) is 0 Å². The fourth-order valence-corrected chi connectivity index (χ4v) is 3.22. The molecular weight excluding hydrogens is 327 g/mol. The summed E-state index contributed by atoms with van der Waals surface area (Å²) >= 11 is 13.7. The van der Waals surface area contributed by atoms with Crippen molar-refractivity contribution in [2.24, 2.45) is 0 Å². The molecule has 21 heavy (non-hydrogen) atoms. The van der Waals surface area contributed by atoms with E-state index >= 15 is 0 Å². The maximum absolute atomic E-state index is 12.2. The first-order valence-electron chi connectivity index (χ1n) is 6.16. The van der Waals surface area contributed by atoms with Crippen molar-refractivity contribution in [3.05, 3.63) is 67.0 Å². The molecule has 0 bridgehead atoms. The number of benzene rings is 1. The molecule has 0 radical (unpaired) electrons. The summed E-state index contributed by atoms with van der Waals surface area (Å²) in [5.74, 6) is 0. The summed E-state index contributed by atoms with van der Waals surface area (Å²) in [5, 5.41) is 2.96. The standard InChI is InChI=1S/C15H10Cl2N2OS/c1-9-13(18-15-19(14(9)20)7-8-21-15)6-5-10-11(16)3-2-4-12(10)17/h2-8H,1H3. The summed E-state index contributed by atoms with van der Waals surface area (Å²) in [6.45, 7) is 1.76. The van der Waals surface area contributed by atoms with Crippen molar-refractivity contribution in [3.63, 3.8) is 0 Å². The Bertz CT molecular complexity index is 891. The second-order valence-corrected chi connectivity index (χ2v) is 6.14. The third kappa shape index (κ3) is 2.62. The molecule has 0 saturated carbocycles. The third-order valence-corrected chi connectivity index (χ3v) is 4.55. The number of rotatable bonds is 2. The largest absolute Gasteiger partial charge is 0.269 e. The normalized spacial score (nSPS) is 11.6. The van der Waals surface area contributed by atoms with Gasteiger partial charge in [0.15, 0.2) is 4.96 Å². The molecule has 6 heteroatoms. The van der Waals surface area contributed by atoms with Crippen molar-refractivity contribution < 1.29 is 0 Å². The van der Waals surface area contributed by atoms with Gasteiger partial charge in [-0.2, -0.15) is 0 Å². The van der Waals surface area contributed by atoms with E-state index in [4.69, 9.17) is 23.2 Å². The number of halogens is 2. The van der Waals surface area contributed by atoms with Gasteiger partial charge in [0.2, 0.25) is 0 Å². The smallest absolute Gasteiger partial charge is 0.262 e. The van der Waals surface area contributed by atoms with Gasteiger partial charge in [-0.1, -0.05) is 29.3 Å². The number of aromatic nitrogens is 2. The molecule has 0 N–H and O–H groups in total. The Morgan fingerprint density at radius 1 is 1.24 bits per heavy atom. The van der Waals surface area contributed by atoms with E-state index in [-0.39, 0.29) is 5.56 Å². The molecule has 1 aromatic carbocycles. The van der Waals surface area contributed by atoms with E-state index in [2.05, 4.69) is 4.98 Å². The molecule has 0 unspecified atom stereocenters. The molecule has 0 fully saturated rings. The lowest BCUT2D eigenvalue weighted by atomic mass is 10.1. The molecule has 0 amide bonds. The predicted molar refractivity (Wildman–Crippen MR) is 89.5 cm³/mol. The average Bonchev–Trinajstić information content (AvgIpc) is 2.92. The molecule has 0 atom stereocenters. The van der Waals surface area contributed by atoms with Gasteiger partial charge in [-0.25, -0.2) is 4.98 Å². The Morgan fingerprint density at radius 2 is 1.95 bits per heavy atom. The molecule has 106 valence electrons. The molecule has 0 spiro atoms. The minimum Gasteiger partial charge on any atom is -0.269 e. The van der Waals surface area contributed by atoms with Crippen molar-refractivity contribution in [1.82, 2.24) is 9.38 Å². The molecule has 3 aromatic rings. The van der Waals surface area contributed by atoms with Crippen molar-refractivity contribution in [2.75, 3.05) is 0 Å². The highest BCUT2D eigenvalue weighted by atomic mass is 35.5. The van der Waals surface area contributed by atoms with Crippen LogP contribution in [0.2, 0.25) is 10.0 Å². The van der Waals surface area contributed by atoms with Crippen LogP contribution < -0.4 is 5.56 Å². The quantitative estimate of drug-likeness (QED) is 0.688. The van der Waals surface area contributed by atoms with Crippen LogP contribution in [0, 0.1) is 6.92 Å². The minimum absolute atomic E-state index is 0.0637. The van der Waals surface area contributed by atoms with Crippen LogP contribution >= 0.6 is 34.5 Å². The SMILES string of the molecule is Cc1c(C=Cc2c(Cl)cccc2Cl)nc2sccn2c1=O. The molecule has 0 aliphatic heterocycles. The Balaban J connectivity index is 2.12. The van der Waals surface area contributed by atoms with Crippen molar-refractivity contribution in [2.45, 2.75) is 6.92 Å². The Hall–Kier alpha value is -1.62. The predicted octanol–water partition coefficient (Wildman–Crippen LogP) is 4.54. The Labute approximate surface area is 135 Å². The maximum Gasteiger partial charge on any atom is 0.262 e. The number of hydrogen-bond acceptors (Lipinski definition) is 3. The zero-order chi connectivity index (χ0) is 15.0. The summed E-state index contributed by atoms with van der Waals surface area (Å²) in [6, 6.07) is 5.32. The van der Waals surface area contributed by atoms with Gasteiger partial charge in [-0.05, 0) is 31.2 Å². The molecule has 3 rings (SSSR count). The van der Waals surface area contributed by atoms with Crippen molar-refractivity contribution in [3.8, 4) is 0 Å². The van der Waals surface area contributed by atoms with E-state index in [1.807, 2.05) is 5.38 Å². The van der Waals surface area contributed by atoms with E-state index < -0.39 is 0 Å². The lowest BCUT2D eigenvalue weighted by Crippen LogP contribution is -2.17. The van der Waals surface area contributed by atoms with Gasteiger partial charge in [0.25, 0.3) is 5.56 Å². The highest BCUT2D eigenvalue weighted by Crippen LogP contribution is 2.26. The van der Waals surface area contributed by atoms with Crippen LogP contribution in [0.4, 0.5) is 0 Å². The van der Waals surface area contributed by atoms with E-state index in [9.17, 15) is 4.79 Å². The first kappa shape index (κ1) is 14.3. The van der Waals surface area contributed by atoms with Crippen molar-refractivity contribution >= 4 is 51.7 Å². The molecule has 0 saturated heterocycles. The van der Waals surface area contributed by atoms with Gasteiger partial charge in [0.1, 0.15) is 0 Å². The zero-order valence-electron chi connectivity index (χ0n) is 11.0. The highest BCUT2D eigenvalue weighted by Gasteiger charge is 2.08. The molecule has 2 aromatic heterocycles. The van der Waals surface area contributed by atoms with E-state index in [0.29, 0.717) is 31.8 Å². The van der Waals surface area contributed by atoms with Crippen LogP contribution in [0.25, 0.3) is 17.1 Å². The summed E-state index contributed by atoms with van der Waals surface area (Å²) in [5.41, 5.74) is 1.86. The fraction of sp³-hybridized carbons (Fsp3) is 0.0667. The van der Waals surface area contributed by atoms with Crippen LogP contribution in [-0.2, 0) is 0 Å². The minimum atomic E-state index is -0.0637. The van der Waals surface area contributed by atoms with E-state index in [0.717, 1.165) is 0 Å². The molecular formula is C15H10Cl2N2OS. The van der Waals surface area contributed by atoms with Gasteiger partial charge in [-0.15, -0.1) is 11.3 Å². The second-order valence-electron chi connectivity index (χ2n) is 4.45. The molecule has 0 aliphatic rings. The lowest BCUT2D eigenvalue weighted by Gasteiger charge is -2.03. The molecule has 2 heterocycles. The van der Waals surface area contributed by atoms with E-state index in [1.54, 1.807) is 47.9 Å². The lowest BCUT2D eigenvalue weighted by molar-refractivity contribution is 1.03. The highest BCUT2D eigenvalue weighted by molar-refractivity contribution is 7.15. The topological polar surface area (TPSA) is 34.4 Å². The van der Waals surface area contributed by atoms with Crippen LogP contribution in [0.15, 0.2) is 34.6 Å². The summed E-state index contributed by atoms with van der Waals surface area (Å²) < 4.78 is 1.54. The first-order valence-corrected chi connectivity index (χ1v) is 7.80. The Morgan fingerprint density at radius 3 is 2.67 bits per heavy atom. The van der Waals surface area contributed by atoms with Crippen LogP contribution in [0.1, 0.15) is 16.8 Å².